The minimum Gasteiger partial charge on any atom is -0.389 e. The van der Waals surface area contributed by atoms with E-state index < -0.39 is 6.10 Å². The third kappa shape index (κ3) is 3.00. The first-order chi connectivity index (χ1) is 8.58. The molecule has 18 heavy (non-hydrogen) atoms. The molecule has 1 N–H and O–H groups in total. The van der Waals surface area contributed by atoms with Gasteiger partial charge in [0.1, 0.15) is 5.82 Å². The van der Waals surface area contributed by atoms with Crippen LogP contribution < -0.4 is 4.90 Å². The van der Waals surface area contributed by atoms with Gasteiger partial charge in [-0.05, 0) is 38.0 Å². The van der Waals surface area contributed by atoms with E-state index in [0.717, 1.165) is 31.7 Å². The molecule has 100 valence electrons. The molecule has 1 saturated heterocycles. The molecule has 1 aliphatic heterocycles. The van der Waals surface area contributed by atoms with Gasteiger partial charge in [0, 0.05) is 31.5 Å². The molecule has 0 saturated carbocycles. The van der Waals surface area contributed by atoms with E-state index in [-0.39, 0.29) is 11.9 Å². The van der Waals surface area contributed by atoms with Gasteiger partial charge in [-0.2, -0.15) is 0 Å². The third-order valence-corrected chi connectivity index (χ3v) is 3.35. The Balaban J connectivity index is 2.15. The Bertz CT molecular complexity index is 403. The van der Waals surface area contributed by atoms with E-state index in [1.807, 2.05) is 11.9 Å². The van der Waals surface area contributed by atoms with Crippen LogP contribution in [0.15, 0.2) is 18.2 Å². The lowest BCUT2D eigenvalue weighted by Crippen LogP contribution is -2.29. The number of hydrogen-bond acceptors (Lipinski definition) is 3. The third-order valence-electron chi connectivity index (χ3n) is 3.35. The quantitative estimate of drug-likeness (QED) is 0.895. The molecule has 2 rings (SSSR count). The molecule has 1 aliphatic rings. The van der Waals surface area contributed by atoms with Crippen LogP contribution in [0.2, 0.25) is 0 Å². The van der Waals surface area contributed by atoms with Crippen LogP contribution in [0.1, 0.15) is 31.4 Å². The maximum atomic E-state index is 13.2. The lowest BCUT2D eigenvalue weighted by atomic mass is 10.1. The average Bonchev–Trinajstić information content (AvgIpc) is 2.81. The summed E-state index contributed by atoms with van der Waals surface area (Å²) in [5, 5.41) is 9.71. The lowest BCUT2D eigenvalue weighted by Gasteiger charge is -2.26. The molecule has 1 fully saturated rings. The van der Waals surface area contributed by atoms with Crippen molar-refractivity contribution in [2.24, 2.45) is 0 Å². The Kier molecular flexibility index (Phi) is 4.19. The molecule has 0 bridgehead atoms. The zero-order valence-corrected chi connectivity index (χ0v) is 10.9. The lowest BCUT2D eigenvalue weighted by molar-refractivity contribution is 0.116. The van der Waals surface area contributed by atoms with Gasteiger partial charge in [0.05, 0.1) is 12.2 Å². The highest BCUT2D eigenvalue weighted by molar-refractivity contribution is 5.54. The number of likely N-dealkylation sites (N-methyl/N-ethyl adjacent to an activating group) is 1. The van der Waals surface area contributed by atoms with Gasteiger partial charge in [-0.1, -0.05) is 0 Å². The van der Waals surface area contributed by atoms with Crippen LogP contribution in [0, 0.1) is 5.82 Å². The molecular formula is C14H20FNO2. The first-order valence-electron chi connectivity index (χ1n) is 6.38. The van der Waals surface area contributed by atoms with E-state index in [9.17, 15) is 9.50 Å². The number of hydrogen-bond donors (Lipinski definition) is 1. The highest BCUT2D eigenvalue weighted by atomic mass is 19.1. The van der Waals surface area contributed by atoms with Crippen molar-refractivity contribution < 1.29 is 14.2 Å². The summed E-state index contributed by atoms with van der Waals surface area (Å²) in [4.78, 5) is 2.03. The second-order valence-electron chi connectivity index (χ2n) is 4.89. The molecule has 1 aromatic rings. The van der Waals surface area contributed by atoms with Gasteiger partial charge in [0.15, 0.2) is 0 Å². The number of nitrogens with zero attached hydrogens (tertiary/aromatic N) is 1. The fourth-order valence-electron chi connectivity index (χ4n) is 2.40. The Morgan fingerprint density at radius 2 is 2.33 bits per heavy atom. The van der Waals surface area contributed by atoms with Gasteiger partial charge in [0.2, 0.25) is 0 Å². The highest BCUT2D eigenvalue weighted by Gasteiger charge is 2.20. The van der Waals surface area contributed by atoms with Gasteiger partial charge in [-0.15, -0.1) is 0 Å². The monoisotopic (exact) mass is 253 g/mol. The predicted octanol–water partition coefficient (Wildman–Crippen LogP) is 2.49. The van der Waals surface area contributed by atoms with Crippen LogP contribution in [0.4, 0.5) is 10.1 Å². The number of halogens is 1. The van der Waals surface area contributed by atoms with Crippen LogP contribution in [0.5, 0.6) is 0 Å². The van der Waals surface area contributed by atoms with Gasteiger partial charge < -0.3 is 14.7 Å². The molecule has 4 heteroatoms. The molecule has 0 radical (unpaired) electrons. The number of ether oxygens (including phenoxy) is 1. The van der Waals surface area contributed by atoms with Crippen molar-refractivity contribution >= 4 is 5.69 Å². The molecule has 0 amide bonds. The summed E-state index contributed by atoms with van der Waals surface area (Å²) in [5.41, 5.74) is 1.48. The van der Waals surface area contributed by atoms with Crippen molar-refractivity contribution in [1.29, 1.82) is 0 Å². The average molecular weight is 253 g/mol. The molecule has 1 unspecified atom stereocenters. The number of aliphatic hydroxyl groups is 1. The van der Waals surface area contributed by atoms with Crippen molar-refractivity contribution in [3.63, 3.8) is 0 Å². The van der Waals surface area contributed by atoms with Crippen molar-refractivity contribution in [1.82, 2.24) is 0 Å². The largest absolute Gasteiger partial charge is 0.389 e. The van der Waals surface area contributed by atoms with Crippen molar-refractivity contribution in [3.05, 3.63) is 29.6 Å². The number of aliphatic hydroxyl groups excluding tert-OH is 1. The number of benzene rings is 1. The Morgan fingerprint density at radius 3 is 2.94 bits per heavy atom. The Hall–Kier alpha value is -1.13. The molecule has 3 nitrogen and oxygen atoms in total. The second kappa shape index (κ2) is 5.67. The molecule has 0 aromatic heterocycles. The van der Waals surface area contributed by atoms with E-state index in [1.165, 1.54) is 12.1 Å². The molecule has 1 aromatic carbocycles. The minimum absolute atomic E-state index is 0.238. The Labute approximate surface area is 107 Å². The van der Waals surface area contributed by atoms with E-state index in [0.29, 0.717) is 5.56 Å². The fraction of sp³-hybridized carbons (Fsp3) is 0.571. The first kappa shape index (κ1) is 13.3. The van der Waals surface area contributed by atoms with Crippen LogP contribution in [-0.2, 0) is 4.74 Å². The summed E-state index contributed by atoms with van der Waals surface area (Å²) in [6.45, 7) is 3.24. The van der Waals surface area contributed by atoms with Gasteiger partial charge in [-0.3, -0.25) is 0 Å². The zero-order chi connectivity index (χ0) is 13.1. The van der Waals surface area contributed by atoms with Crippen LogP contribution in [0.3, 0.4) is 0 Å². The summed E-state index contributed by atoms with van der Waals surface area (Å²) in [6, 6.07) is 4.53. The standard InChI is InChI=1S/C14H20FNO2/c1-10(17)13-8-11(15)5-6-14(13)16(2)9-12-4-3-7-18-12/h5-6,8,10,12,17H,3-4,7,9H2,1-2H3/t10-,12?/m1/s1. The summed E-state index contributed by atoms with van der Waals surface area (Å²) in [7, 11) is 1.95. The van der Waals surface area contributed by atoms with E-state index >= 15 is 0 Å². The zero-order valence-electron chi connectivity index (χ0n) is 10.9. The number of rotatable bonds is 4. The predicted molar refractivity (Wildman–Crippen MR) is 69.3 cm³/mol. The molecular weight excluding hydrogens is 233 g/mol. The maximum Gasteiger partial charge on any atom is 0.123 e. The SMILES string of the molecule is C[C@@H](O)c1cc(F)ccc1N(C)CC1CCCO1. The van der Waals surface area contributed by atoms with Gasteiger partial charge in [-0.25, -0.2) is 4.39 Å². The minimum atomic E-state index is -0.678. The first-order valence-corrected chi connectivity index (χ1v) is 6.38. The smallest absolute Gasteiger partial charge is 0.123 e. The van der Waals surface area contributed by atoms with E-state index in [2.05, 4.69) is 0 Å². The number of anilines is 1. The van der Waals surface area contributed by atoms with Crippen LogP contribution in [-0.4, -0.2) is 31.4 Å². The van der Waals surface area contributed by atoms with Crippen LogP contribution in [0.25, 0.3) is 0 Å². The summed E-state index contributed by atoms with van der Waals surface area (Å²) in [6.07, 6.45) is 1.73. The maximum absolute atomic E-state index is 13.2. The topological polar surface area (TPSA) is 32.7 Å². The molecule has 1 heterocycles. The molecule has 0 spiro atoms. The normalized spacial score (nSPS) is 21.0. The summed E-state index contributed by atoms with van der Waals surface area (Å²) < 4.78 is 18.8. The van der Waals surface area contributed by atoms with E-state index in [4.69, 9.17) is 4.74 Å². The second-order valence-corrected chi connectivity index (χ2v) is 4.89. The van der Waals surface area contributed by atoms with Gasteiger partial charge >= 0.3 is 0 Å². The highest BCUT2D eigenvalue weighted by Crippen LogP contribution is 2.27. The fourth-order valence-corrected chi connectivity index (χ4v) is 2.40. The Morgan fingerprint density at radius 1 is 1.56 bits per heavy atom. The van der Waals surface area contributed by atoms with Crippen molar-refractivity contribution in [2.45, 2.75) is 32.0 Å². The van der Waals surface area contributed by atoms with Crippen molar-refractivity contribution in [3.8, 4) is 0 Å². The van der Waals surface area contributed by atoms with Crippen molar-refractivity contribution in [2.75, 3.05) is 25.1 Å². The van der Waals surface area contributed by atoms with Gasteiger partial charge in [0.25, 0.3) is 0 Å². The summed E-state index contributed by atoms with van der Waals surface area (Å²) in [5.74, 6) is -0.319. The van der Waals surface area contributed by atoms with Crippen LogP contribution >= 0.6 is 0 Å². The summed E-state index contributed by atoms with van der Waals surface area (Å²) >= 11 is 0. The molecule has 2 atom stereocenters. The molecule has 0 aliphatic carbocycles. The van der Waals surface area contributed by atoms with E-state index in [1.54, 1.807) is 13.0 Å².